The molecule has 1 saturated heterocycles. The van der Waals surface area contributed by atoms with Gasteiger partial charge in [-0.05, 0) is 26.2 Å². The van der Waals surface area contributed by atoms with E-state index in [-0.39, 0.29) is 0 Å². The molecular formula is C14H19N5O2. The Bertz CT molecular complexity index is 683. The molecule has 0 radical (unpaired) electrons. The SMILES string of the molecule is CCCC1(C(=O)O)CCCN1c1nccn2c(C)nnc12. The lowest BCUT2D eigenvalue weighted by Gasteiger charge is -2.35. The minimum atomic E-state index is -0.872. The van der Waals surface area contributed by atoms with E-state index in [1.807, 2.05) is 23.1 Å². The molecule has 7 nitrogen and oxygen atoms in total. The summed E-state index contributed by atoms with van der Waals surface area (Å²) in [4.78, 5) is 18.2. The Hall–Kier alpha value is -2.18. The number of aryl methyl sites for hydroxylation is 1. The molecule has 0 aromatic carbocycles. The van der Waals surface area contributed by atoms with Crippen LogP contribution in [0.3, 0.4) is 0 Å². The van der Waals surface area contributed by atoms with Gasteiger partial charge in [0.05, 0.1) is 0 Å². The summed E-state index contributed by atoms with van der Waals surface area (Å²) < 4.78 is 1.85. The highest BCUT2D eigenvalue weighted by molar-refractivity contribution is 5.86. The number of aromatic nitrogens is 4. The summed E-state index contributed by atoms with van der Waals surface area (Å²) in [5, 5.41) is 18.0. The van der Waals surface area contributed by atoms with Crippen molar-refractivity contribution in [1.29, 1.82) is 0 Å². The number of carboxylic acids is 1. The first kappa shape index (κ1) is 13.8. The second-order valence-electron chi connectivity index (χ2n) is 5.53. The highest BCUT2D eigenvalue weighted by atomic mass is 16.4. The van der Waals surface area contributed by atoms with Crippen molar-refractivity contribution in [3.05, 3.63) is 18.2 Å². The van der Waals surface area contributed by atoms with Crippen LogP contribution in [0.25, 0.3) is 5.65 Å². The minimum absolute atomic E-state index is 0.609. The number of hydrogen-bond donors (Lipinski definition) is 1. The van der Waals surface area contributed by atoms with Gasteiger partial charge >= 0.3 is 5.97 Å². The van der Waals surface area contributed by atoms with E-state index in [4.69, 9.17) is 0 Å². The second-order valence-corrected chi connectivity index (χ2v) is 5.53. The van der Waals surface area contributed by atoms with Gasteiger partial charge in [-0.15, -0.1) is 10.2 Å². The van der Waals surface area contributed by atoms with Crippen LogP contribution in [0, 0.1) is 6.92 Å². The first-order valence-electron chi connectivity index (χ1n) is 7.27. The Balaban J connectivity index is 2.14. The van der Waals surface area contributed by atoms with Crippen LogP contribution in [0.4, 0.5) is 5.82 Å². The van der Waals surface area contributed by atoms with Gasteiger partial charge in [0.25, 0.3) is 0 Å². The second kappa shape index (κ2) is 4.98. The van der Waals surface area contributed by atoms with E-state index in [1.54, 1.807) is 12.4 Å². The molecule has 1 unspecified atom stereocenters. The number of carbonyl (C=O) groups is 1. The quantitative estimate of drug-likeness (QED) is 0.921. The largest absolute Gasteiger partial charge is 0.479 e. The summed E-state index contributed by atoms with van der Waals surface area (Å²) in [5.74, 6) is 0.609. The minimum Gasteiger partial charge on any atom is -0.479 e. The molecule has 21 heavy (non-hydrogen) atoms. The molecule has 0 saturated carbocycles. The molecule has 112 valence electrons. The van der Waals surface area contributed by atoms with Crippen LogP contribution in [0.15, 0.2) is 12.4 Å². The molecule has 0 amide bonds. The van der Waals surface area contributed by atoms with Crippen molar-refractivity contribution in [2.75, 3.05) is 11.4 Å². The van der Waals surface area contributed by atoms with Gasteiger partial charge in [0, 0.05) is 18.9 Å². The number of rotatable bonds is 4. The van der Waals surface area contributed by atoms with Gasteiger partial charge in [0.15, 0.2) is 5.82 Å². The summed E-state index contributed by atoms with van der Waals surface area (Å²) in [7, 11) is 0. The van der Waals surface area contributed by atoms with Crippen molar-refractivity contribution in [3.8, 4) is 0 Å². The lowest BCUT2D eigenvalue weighted by Crippen LogP contribution is -2.51. The molecule has 0 aliphatic carbocycles. The normalized spacial score (nSPS) is 22.1. The molecule has 1 atom stereocenters. The number of nitrogens with zero attached hydrogens (tertiary/aromatic N) is 5. The van der Waals surface area contributed by atoms with Crippen molar-refractivity contribution in [2.24, 2.45) is 0 Å². The van der Waals surface area contributed by atoms with Crippen LogP contribution in [-0.2, 0) is 4.79 Å². The summed E-state index contributed by atoms with van der Waals surface area (Å²) in [6.07, 6.45) is 6.39. The molecule has 3 heterocycles. The average Bonchev–Trinajstić information content (AvgIpc) is 3.05. The van der Waals surface area contributed by atoms with Gasteiger partial charge in [-0.25, -0.2) is 9.78 Å². The van der Waals surface area contributed by atoms with Gasteiger partial charge in [-0.3, -0.25) is 4.40 Å². The van der Waals surface area contributed by atoms with Crippen LogP contribution in [0.5, 0.6) is 0 Å². The number of aliphatic carboxylic acids is 1. The summed E-state index contributed by atoms with van der Waals surface area (Å²) in [6.45, 7) is 4.56. The van der Waals surface area contributed by atoms with Crippen molar-refractivity contribution in [2.45, 2.75) is 45.1 Å². The van der Waals surface area contributed by atoms with E-state index in [2.05, 4.69) is 15.2 Å². The number of carboxylic acid groups (broad SMARTS) is 1. The van der Waals surface area contributed by atoms with E-state index in [0.717, 1.165) is 18.7 Å². The van der Waals surface area contributed by atoms with Crippen molar-refractivity contribution in [1.82, 2.24) is 19.6 Å². The third-order valence-corrected chi connectivity index (χ3v) is 4.28. The summed E-state index contributed by atoms with van der Waals surface area (Å²) in [6, 6.07) is 0. The maximum absolute atomic E-state index is 11.9. The number of anilines is 1. The molecule has 1 N–H and O–H groups in total. The monoisotopic (exact) mass is 289 g/mol. The summed E-state index contributed by atoms with van der Waals surface area (Å²) >= 11 is 0. The zero-order valence-corrected chi connectivity index (χ0v) is 12.3. The lowest BCUT2D eigenvalue weighted by atomic mass is 9.90. The van der Waals surface area contributed by atoms with E-state index in [0.29, 0.717) is 30.9 Å². The lowest BCUT2D eigenvalue weighted by molar-refractivity contribution is -0.143. The smallest absolute Gasteiger partial charge is 0.329 e. The zero-order valence-electron chi connectivity index (χ0n) is 12.3. The molecular weight excluding hydrogens is 270 g/mol. The maximum atomic E-state index is 11.9. The van der Waals surface area contributed by atoms with Crippen LogP contribution in [0.2, 0.25) is 0 Å². The zero-order chi connectivity index (χ0) is 15.0. The Labute approximate surface area is 122 Å². The molecule has 2 aromatic heterocycles. The predicted octanol–water partition coefficient (Wildman–Crippen LogP) is 1.66. The van der Waals surface area contributed by atoms with Crippen LogP contribution >= 0.6 is 0 Å². The Morgan fingerprint density at radius 3 is 3.00 bits per heavy atom. The van der Waals surface area contributed by atoms with Gasteiger partial charge in [-0.1, -0.05) is 13.3 Å². The van der Waals surface area contributed by atoms with E-state index < -0.39 is 11.5 Å². The fourth-order valence-corrected chi connectivity index (χ4v) is 3.31. The van der Waals surface area contributed by atoms with Gasteiger partial charge < -0.3 is 10.0 Å². The highest BCUT2D eigenvalue weighted by Crippen LogP contribution is 2.38. The molecule has 2 aromatic rings. The molecule has 1 fully saturated rings. The molecule has 1 aliphatic rings. The Morgan fingerprint density at radius 2 is 2.29 bits per heavy atom. The number of hydrogen-bond acceptors (Lipinski definition) is 5. The third kappa shape index (κ3) is 1.95. The van der Waals surface area contributed by atoms with Gasteiger partial charge in [0.2, 0.25) is 5.65 Å². The maximum Gasteiger partial charge on any atom is 0.329 e. The van der Waals surface area contributed by atoms with Crippen molar-refractivity contribution < 1.29 is 9.90 Å². The molecule has 0 bridgehead atoms. The molecule has 1 aliphatic heterocycles. The van der Waals surface area contributed by atoms with Crippen molar-refractivity contribution >= 4 is 17.4 Å². The molecule has 0 spiro atoms. The molecule has 7 heteroatoms. The van der Waals surface area contributed by atoms with Gasteiger partial charge in [0.1, 0.15) is 11.4 Å². The van der Waals surface area contributed by atoms with E-state index in [9.17, 15) is 9.90 Å². The fourth-order valence-electron chi connectivity index (χ4n) is 3.31. The van der Waals surface area contributed by atoms with Crippen LogP contribution in [0.1, 0.15) is 38.4 Å². The number of fused-ring (bicyclic) bond motifs is 1. The van der Waals surface area contributed by atoms with E-state index >= 15 is 0 Å². The first-order chi connectivity index (χ1) is 10.1. The highest BCUT2D eigenvalue weighted by Gasteiger charge is 2.48. The average molecular weight is 289 g/mol. The Morgan fingerprint density at radius 1 is 1.48 bits per heavy atom. The van der Waals surface area contributed by atoms with Crippen molar-refractivity contribution in [3.63, 3.8) is 0 Å². The predicted molar refractivity (Wildman–Crippen MR) is 77.4 cm³/mol. The molecule has 3 rings (SSSR count). The standard InChI is InChI=1S/C14H19N5O2/c1-3-5-14(13(20)21)6-4-8-19(14)11-12-17-16-10(2)18(12)9-7-15-11/h7,9H,3-6,8H2,1-2H3,(H,20,21). The topological polar surface area (TPSA) is 83.6 Å². The third-order valence-electron chi connectivity index (χ3n) is 4.28. The van der Waals surface area contributed by atoms with Crippen LogP contribution in [-0.4, -0.2) is 42.7 Å². The van der Waals surface area contributed by atoms with Gasteiger partial charge in [-0.2, -0.15) is 0 Å². The first-order valence-corrected chi connectivity index (χ1v) is 7.27. The van der Waals surface area contributed by atoms with E-state index in [1.165, 1.54) is 0 Å². The summed E-state index contributed by atoms with van der Waals surface area (Å²) in [5.41, 5.74) is -0.248. The van der Waals surface area contributed by atoms with Crippen LogP contribution < -0.4 is 4.90 Å². The fraction of sp³-hybridized carbons (Fsp3) is 0.571. The Kier molecular flexibility index (Phi) is 3.27.